The van der Waals surface area contributed by atoms with E-state index in [2.05, 4.69) is 22.3 Å². The highest BCUT2D eigenvalue weighted by Gasteiger charge is 2.21. The normalized spacial score (nSPS) is 13.8. The molecule has 3 rings (SSSR count). The Labute approximate surface area is 141 Å². The van der Waals surface area contributed by atoms with Crippen molar-refractivity contribution in [2.45, 2.75) is 25.9 Å². The number of hydrogen-bond donors (Lipinski definition) is 1. The molecule has 0 fully saturated rings. The van der Waals surface area contributed by atoms with Gasteiger partial charge in [-0.3, -0.25) is 5.32 Å². The summed E-state index contributed by atoms with van der Waals surface area (Å²) in [6, 6.07) is 9.70. The zero-order chi connectivity index (χ0) is 16.9. The van der Waals surface area contributed by atoms with E-state index >= 15 is 0 Å². The molecule has 0 saturated heterocycles. The summed E-state index contributed by atoms with van der Waals surface area (Å²) in [5.41, 5.74) is 2.18. The molecule has 3 aromatic heterocycles. The van der Waals surface area contributed by atoms with E-state index in [-0.39, 0.29) is 12.1 Å². The van der Waals surface area contributed by atoms with E-state index in [1.165, 1.54) is 0 Å². The minimum Gasteiger partial charge on any atom is -0.468 e. The topological polar surface area (TPSA) is 65.1 Å². The maximum atomic E-state index is 5.52. The molecule has 0 amide bonds. The van der Waals surface area contributed by atoms with Gasteiger partial charge < -0.3 is 9.15 Å². The highest BCUT2D eigenvalue weighted by Crippen LogP contribution is 2.23. The third-order valence-corrected chi connectivity index (χ3v) is 4.05. The molecule has 0 aliphatic carbocycles. The molecule has 0 saturated carbocycles. The van der Waals surface area contributed by atoms with Gasteiger partial charge in [-0.25, -0.2) is 9.67 Å². The van der Waals surface area contributed by atoms with E-state index in [0.29, 0.717) is 6.61 Å². The first kappa shape index (κ1) is 16.4. The van der Waals surface area contributed by atoms with Crippen LogP contribution in [-0.4, -0.2) is 28.5 Å². The van der Waals surface area contributed by atoms with Crippen molar-refractivity contribution in [2.24, 2.45) is 0 Å². The molecule has 0 aliphatic heterocycles. The average molecular weight is 326 g/mol. The van der Waals surface area contributed by atoms with Gasteiger partial charge in [0.1, 0.15) is 5.76 Å². The van der Waals surface area contributed by atoms with Crippen LogP contribution in [0.3, 0.4) is 0 Å². The summed E-state index contributed by atoms with van der Waals surface area (Å²) in [5, 5.41) is 8.03. The largest absolute Gasteiger partial charge is 0.468 e. The smallest absolute Gasteiger partial charge is 0.153 e. The minimum atomic E-state index is -0.0161. The molecular weight excluding hydrogens is 304 g/mol. The number of ether oxygens (including phenoxy) is 1. The number of hydrogen-bond acceptors (Lipinski definition) is 5. The summed E-state index contributed by atoms with van der Waals surface area (Å²) in [7, 11) is 1.69. The van der Waals surface area contributed by atoms with E-state index in [1.807, 2.05) is 48.1 Å². The van der Waals surface area contributed by atoms with E-state index in [4.69, 9.17) is 9.15 Å². The van der Waals surface area contributed by atoms with Crippen LogP contribution in [0.15, 0.2) is 53.4 Å². The van der Waals surface area contributed by atoms with Crippen LogP contribution in [0.1, 0.15) is 36.0 Å². The van der Waals surface area contributed by atoms with Gasteiger partial charge in [-0.15, -0.1) is 0 Å². The number of pyridine rings is 1. The number of furan rings is 1. The lowest BCUT2D eigenvalue weighted by molar-refractivity contribution is 0.152. The first-order valence-electron chi connectivity index (χ1n) is 7.95. The zero-order valence-electron chi connectivity index (χ0n) is 14.1. The summed E-state index contributed by atoms with van der Waals surface area (Å²) >= 11 is 0. The Hall–Kier alpha value is -2.44. The van der Waals surface area contributed by atoms with Crippen LogP contribution in [-0.2, 0) is 4.74 Å². The fourth-order valence-corrected chi connectivity index (χ4v) is 2.82. The van der Waals surface area contributed by atoms with Gasteiger partial charge in [-0.05, 0) is 38.1 Å². The van der Waals surface area contributed by atoms with E-state index in [0.717, 1.165) is 22.8 Å². The molecule has 3 aromatic rings. The highest BCUT2D eigenvalue weighted by atomic mass is 16.5. The lowest BCUT2D eigenvalue weighted by atomic mass is 10.1. The number of aromatic nitrogens is 3. The van der Waals surface area contributed by atoms with Crippen LogP contribution in [0.4, 0.5) is 0 Å². The van der Waals surface area contributed by atoms with E-state index in [1.54, 1.807) is 19.6 Å². The van der Waals surface area contributed by atoms with Crippen LogP contribution in [0, 0.1) is 6.92 Å². The van der Waals surface area contributed by atoms with Crippen molar-refractivity contribution in [1.29, 1.82) is 0 Å². The molecule has 3 heterocycles. The van der Waals surface area contributed by atoms with Crippen LogP contribution >= 0.6 is 0 Å². The number of methoxy groups -OCH3 is 1. The first-order valence-corrected chi connectivity index (χ1v) is 7.95. The third-order valence-electron chi connectivity index (χ3n) is 4.05. The maximum Gasteiger partial charge on any atom is 0.153 e. The van der Waals surface area contributed by atoms with Gasteiger partial charge in [-0.2, -0.15) is 5.10 Å². The lowest BCUT2D eigenvalue weighted by Gasteiger charge is -2.21. The fourth-order valence-electron chi connectivity index (χ4n) is 2.82. The second-order valence-corrected chi connectivity index (χ2v) is 5.70. The number of nitrogens with one attached hydrogen (secondary N) is 1. The molecule has 6 nitrogen and oxygen atoms in total. The summed E-state index contributed by atoms with van der Waals surface area (Å²) in [4.78, 5) is 4.36. The van der Waals surface area contributed by atoms with Gasteiger partial charge in [0.15, 0.2) is 5.82 Å². The van der Waals surface area contributed by atoms with Gasteiger partial charge in [0, 0.05) is 30.6 Å². The third kappa shape index (κ3) is 3.39. The standard InChI is InChI=1S/C18H22N4O2/c1-13(21-16(12-23-3)17-7-6-10-24-17)15-11-20-22(14(15)2)18-8-4-5-9-19-18/h4-11,13,16,21H,12H2,1-3H3/t13-,16-/m0/s1. The van der Waals surface area contributed by atoms with E-state index in [9.17, 15) is 0 Å². The van der Waals surface area contributed by atoms with Crippen LogP contribution in [0.5, 0.6) is 0 Å². The van der Waals surface area contributed by atoms with Crippen molar-refractivity contribution < 1.29 is 9.15 Å². The Balaban J connectivity index is 1.80. The summed E-state index contributed by atoms with van der Waals surface area (Å²) in [6.07, 6.45) is 5.33. The monoisotopic (exact) mass is 326 g/mol. The predicted molar refractivity (Wildman–Crippen MR) is 91.0 cm³/mol. The van der Waals surface area contributed by atoms with E-state index < -0.39 is 0 Å². The first-order chi connectivity index (χ1) is 11.7. The van der Waals surface area contributed by atoms with Crippen molar-refractivity contribution in [2.75, 3.05) is 13.7 Å². The second kappa shape index (κ2) is 7.42. The molecule has 0 radical (unpaired) electrons. The van der Waals surface area contributed by atoms with Crippen molar-refractivity contribution in [3.05, 3.63) is 66.0 Å². The average Bonchev–Trinajstić information content (AvgIpc) is 3.25. The molecule has 0 unspecified atom stereocenters. The molecule has 0 aromatic carbocycles. The number of rotatable bonds is 7. The van der Waals surface area contributed by atoms with Gasteiger partial charge >= 0.3 is 0 Å². The Morgan fingerprint density at radius 1 is 1.29 bits per heavy atom. The zero-order valence-corrected chi connectivity index (χ0v) is 14.1. The van der Waals surface area contributed by atoms with Crippen molar-refractivity contribution in [1.82, 2.24) is 20.1 Å². The Morgan fingerprint density at radius 3 is 2.83 bits per heavy atom. The van der Waals surface area contributed by atoms with Crippen LogP contribution in [0.25, 0.3) is 5.82 Å². The molecule has 126 valence electrons. The van der Waals surface area contributed by atoms with Crippen LogP contribution < -0.4 is 5.32 Å². The van der Waals surface area contributed by atoms with Gasteiger partial charge in [0.2, 0.25) is 0 Å². The van der Waals surface area contributed by atoms with Crippen LogP contribution in [0.2, 0.25) is 0 Å². The Morgan fingerprint density at radius 2 is 2.17 bits per heavy atom. The lowest BCUT2D eigenvalue weighted by Crippen LogP contribution is -2.28. The highest BCUT2D eigenvalue weighted by molar-refractivity contribution is 5.29. The molecule has 2 atom stereocenters. The minimum absolute atomic E-state index is 0.0161. The molecule has 0 bridgehead atoms. The van der Waals surface area contributed by atoms with Crippen molar-refractivity contribution >= 4 is 0 Å². The Bertz CT molecular complexity index is 753. The molecular formula is C18H22N4O2. The fraction of sp³-hybridized carbons (Fsp3) is 0.333. The van der Waals surface area contributed by atoms with Gasteiger partial charge in [-0.1, -0.05) is 6.07 Å². The Kier molecular flexibility index (Phi) is 5.08. The number of nitrogens with zero attached hydrogens (tertiary/aromatic N) is 3. The summed E-state index contributed by atoms with van der Waals surface area (Å²) < 4.78 is 12.7. The molecule has 1 N–H and O–H groups in total. The second-order valence-electron chi connectivity index (χ2n) is 5.70. The molecule has 0 spiro atoms. The maximum absolute atomic E-state index is 5.52. The molecule has 24 heavy (non-hydrogen) atoms. The molecule has 0 aliphatic rings. The quantitative estimate of drug-likeness (QED) is 0.722. The molecule has 6 heteroatoms. The predicted octanol–water partition coefficient (Wildman–Crippen LogP) is 3.21. The van der Waals surface area contributed by atoms with Crippen molar-refractivity contribution in [3.8, 4) is 5.82 Å². The van der Waals surface area contributed by atoms with Gasteiger partial charge in [0.25, 0.3) is 0 Å². The van der Waals surface area contributed by atoms with Crippen molar-refractivity contribution in [3.63, 3.8) is 0 Å². The summed E-state index contributed by atoms with van der Waals surface area (Å²) in [6.45, 7) is 4.69. The SMILES string of the molecule is COC[C@H](N[C@@H](C)c1cnn(-c2ccccn2)c1C)c1ccco1. The summed E-state index contributed by atoms with van der Waals surface area (Å²) in [5.74, 6) is 1.67. The van der Waals surface area contributed by atoms with Gasteiger partial charge in [0.05, 0.1) is 25.1 Å².